The smallest absolute Gasteiger partial charge is 0.243 e. The van der Waals surface area contributed by atoms with Crippen molar-refractivity contribution in [2.45, 2.75) is 84.7 Å². The Labute approximate surface area is 163 Å². The first kappa shape index (κ1) is 19.0. The van der Waals surface area contributed by atoms with Crippen molar-refractivity contribution >= 4 is 11.8 Å². The van der Waals surface area contributed by atoms with E-state index in [2.05, 4.69) is 51.3 Å². The summed E-state index contributed by atoms with van der Waals surface area (Å²) < 4.78 is 0. The Hall–Kier alpha value is -1.32. The third-order valence-electron chi connectivity index (χ3n) is 8.36. The largest absolute Gasteiger partial charge is 0.351 e. The average molecular weight is 373 g/mol. The third kappa shape index (κ3) is 3.03. The molecule has 0 spiro atoms. The molecular formula is C23H36N2O2. The van der Waals surface area contributed by atoms with Crippen LogP contribution in [-0.4, -0.2) is 23.4 Å². The van der Waals surface area contributed by atoms with Gasteiger partial charge >= 0.3 is 0 Å². The van der Waals surface area contributed by atoms with E-state index in [4.69, 9.17) is 0 Å². The number of amides is 2. The molecule has 0 bridgehead atoms. The fraction of sp³-hybridized carbons (Fsp3) is 0.826. The van der Waals surface area contributed by atoms with E-state index >= 15 is 0 Å². The molecule has 0 unspecified atom stereocenters. The molecule has 4 heteroatoms. The number of carbonyl (C=O) groups is 2. The standard InChI is InChI=1S/C23H36N2O2/c1-21(2,3)25-20(27)14-13-17-23(5,12-9-18(26)24-17)16-8-11-22(4)10-6-7-15(22)19(14)16/h9,12,14-17,19H,6-8,10-11,13H2,1-5H3,(H,24,26)(H,25,27)/t14-,15-,16-,17+,19-,22-,23+/m0/s1. The molecule has 4 nitrogen and oxygen atoms in total. The maximum absolute atomic E-state index is 13.4. The van der Waals surface area contributed by atoms with Crippen LogP contribution in [0.4, 0.5) is 0 Å². The molecule has 0 radical (unpaired) electrons. The Bertz CT molecular complexity index is 678. The van der Waals surface area contributed by atoms with E-state index in [1.165, 1.54) is 32.1 Å². The van der Waals surface area contributed by atoms with Gasteiger partial charge in [-0.1, -0.05) is 26.3 Å². The van der Waals surface area contributed by atoms with Crippen molar-refractivity contribution in [1.29, 1.82) is 0 Å². The molecule has 1 aliphatic heterocycles. The SMILES string of the molecule is CC(C)(C)NC(=O)[C@H]1C[C@H]2NC(=O)C=C[C@]2(C)[C@H]2CC[C@]3(C)CCC[C@H]3[C@H]12. The van der Waals surface area contributed by atoms with Crippen LogP contribution < -0.4 is 10.6 Å². The summed E-state index contributed by atoms with van der Waals surface area (Å²) in [5, 5.41) is 6.47. The maximum atomic E-state index is 13.4. The van der Waals surface area contributed by atoms with Crippen molar-refractivity contribution in [2.24, 2.45) is 34.5 Å². The highest BCUT2D eigenvalue weighted by Crippen LogP contribution is 2.64. The zero-order valence-electron chi connectivity index (χ0n) is 17.6. The van der Waals surface area contributed by atoms with Gasteiger partial charge < -0.3 is 10.6 Å². The normalized spacial score (nSPS) is 46.1. The van der Waals surface area contributed by atoms with Crippen molar-refractivity contribution in [1.82, 2.24) is 10.6 Å². The van der Waals surface area contributed by atoms with E-state index in [0.717, 1.165) is 6.42 Å². The Kier molecular flexibility index (Phi) is 4.29. The summed E-state index contributed by atoms with van der Waals surface area (Å²) in [5.74, 6) is 1.72. The van der Waals surface area contributed by atoms with Crippen LogP contribution in [0.2, 0.25) is 0 Å². The third-order valence-corrected chi connectivity index (χ3v) is 8.36. The highest BCUT2D eigenvalue weighted by Gasteiger charge is 2.61. The molecule has 4 rings (SSSR count). The van der Waals surface area contributed by atoms with Crippen molar-refractivity contribution in [3.63, 3.8) is 0 Å². The summed E-state index contributed by atoms with van der Waals surface area (Å²) in [4.78, 5) is 25.4. The van der Waals surface area contributed by atoms with Crippen LogP contribution >= 0.6 is 0 Å². The van der Waals surface area contributed by atoms with Gasteiger partial charge in [0.15, 0.2) is 0 Å². The van der Waals surface area contributed by atoms with Crippen LogP contribution in [0.5, 0.6) is 0 Å². The summed E-state index contributed by atoms with van der Waals surface area (Å²) in [5.41, 5.74) is 0.143. The molecule has 7 atom stereocenters. The van der Waals surface area contributed by atoms with Gasteiger partial charge in [0.2, 0.25) is 11.8 Å². The lowest BCUT2D eigenvalue weighted by Gasteiger charge is -2.60. The Morgan fingerprint density at radius 1 is 1.19 bits per heavy atom. The van der Waals surface area contributed by atoms with E-state index in [-0.39, 0.29) is 34.7 Å². The predicted molar refractivity (Wildman–Crippen MR) is 107 cm³/mol. The number of hydrogen-bond acceptors (Lipinski definition) is 2. The quantitative estimate of drug-likeness (QED) is 0.735. The Morgan fingerprint density at radius 3 is 2.63 bits per heavy atom. The van der Waals surface area contributed by atoms with Crippen molar-refractivity contribution in [2.75, 3.05) is 0 Å². The zero-order chi connectivity index (χ0) is 19.6. The van der Waals surface area contributed by atoms with Crippen molar-refractivity contribution < 1.29 is 9.59 Å². The van der Waals surface area contributed by atoms with Gasteiger partial charge in [0, 0.05) is 22.9 Å². The number of nitrogens with one attached hydrogen (secondary N) is 2. The highest BCUT2D eigenvalue weighted by molar-refractivity contribution is 5.89. The Morgan fingerprint density at radius 2 is 1.93 bits per heavy atom. The van der Waals surface area contributed by atoms with Gasteiger partial charge in [0.25, 0.3) is 0 Å². The van der Waals surface area contributed by atoms with Gasteiger partial charge in [-0.3, -0.25) is 9.59 Å². The van der Waals surface area contributed by atoms with Gasteiger partial charge in [0.05, 0.1) is 0 Å². The molecule has 0 aromatic rings. The minimum Gasteiger partial charge on any atom is -0.351 e. The molecule has 150 valence electrons. The highest BCUT2D eigenvalue weighted by atomic mass is 16.2. The molecule has 2 amide bonds. The summed E-state index contributed by atoms with van der Waals surface area (Å²) >= 11 is 0. The van der Waals surface area contributed by atoms with Crippen LogP contribution in [-0.2, 0) is 9.59 Å². The van der Waals surface area contributed by atoms with Gasteiger partial charge in [-0.05, 0) is 82.1 Å². The number of hydrogen-bond donors (Lipinski definition) is 2. The summed E-state index contributed by atoms with van der Waals surface area (Å²) in [7, 11) is 0. The molecule has 0 saturated heterocycles. The molecule has 0 aromatic heterocycles. The molecule has 27 heavy (non-hydrogen) atoms. The lowest BCUT2D eigenvalue weighted by atomic mass is 9.46. The average Bonchev–Trinajstić information content (AvgIpc) is 2.95. The summed E-state index contributed by atoms with van der Waals surface area (Å²) in [6, 6.07) is 0.0673. The topological polar surface area (TPSA) is 58.2 Å². The Balaban J connectivity index is 1.73. The molecular weight excluding hydrogens is 336 g/mol. The molecule has 2 N–H and O–H groups in total. The second-order valence-electron chi connectivity index (χ2n) is 11.2. The van der Waals surface area contributed by atoms with Crippen LogP contribution in [0.25, 0.3) is 0 Å². The molecule has 1 heterocycles. The monoisotopic (exact) mass is 372 g/mol. The first-order valence-corrected chi connectivity index (χ1v) is 10.9. The van der Waals surface area contributed by atoms with Crippen LogP contribution in [0.1, 0.15) is 73.1 Å². The first-order chi connectivity index (χ1) is 12.5. The lowest BCUT2D eigenvalue weighted by Crippen LogP contribution is -2.64. The lowest BCUT2D eigenvalue weighted by molar-refractivity contribution is -0.145. The van der Waals surface area contributed by atoms with Gasteiger partial charge in [-0.25, -0.2) is 0 Å². The predicted octanol–water partition coefficient (Wildman–Crippen LogP) is 3.81. The molecule has 0 aromatic carbocycles. The summed E-state index contributed by atoms with van der Waals surface area (Å²) in [6.07, 6.45) is 11.0. The second-order valence-corrected chi connectivity index (χ2v) is 11.2. The first-order valence-electron chi connectivity index (χ1n) is 10.9. The number of rotatable bonds is 1. The fourth-order valence-corrected chi connectivity index (χ4v) is 7.07. The van der Waals surface area contributed by atoms with Crippen molar-refractivity contribution in [3.05, 3.63) is 12.2 Å². The second kappa shape index (κ2) is 6.09. The molecule has 4 aliphatic rings. The van der Waals surface area contributed by atoms with Gasteiger partial charge in [0.1, 0.15) is 0 Å². The minimum atomic E-state index is -0.226. The molecule has 3 aliphatic carbocycles. The number of carbonyl (C=O) groups excluding carboxylic acids is 2. The van der Waals surface area contributed by atoms with E-state index in [1.54, 1.807) is 6.08 Å². The van der Waals surface area contributed by atoms with Crippen LogP contribution in [0.15, 0.2) is 12.2 Å². The van der Waals surface area contributed by atoms with Crippen LogP contribution in [0.3, 0.4) is 0 Å². The van der Waals surface area contributed by atoms with Crippen molar-refractivity contribution in [3.8, 4) is 0 Å². The molecule has 3 fully saturated rings. The van der Waals surface area contributed by atoms with Gasteiger partial charge in [-0.2, -0.15) is 0 Å². The molecule has 3 saturated carbocycles. The van der Waals surface area contributed by atoms with E-state index in [1.807, 2.05) is 0 Å². The number of fused-ring (bicyclic) bond motifs is 5. The van der Waals surface area contributed by atoms with Gasteiger partial charge in [-0.15, -0.1) is 0 Å². The van der Waals surface area contributed by atoms with E-state index in [9.17, 15) is 9.59 Å². The zero-order valence-corrected chi connectivity index (χ0v) is 17.6. The maximum Gasteiger partial charge on any atom is 0.243 e. The fourth-order valence-electron chi connectivity index (χ4n) is 7.07. The summed E-state index contributed by atoms with van der Waals surface area (Å²) in [6.45, 7) is 11.0. The van der Waals surface area contributed by atoms with E-state index < -0.39 is 0 Å². The van der Waals surface area contributed by atoms with Crippen LogP contribution in [0, 0.1) is 34.5 Å². The minimum absolute atomic E-state index is 0.00169. The van der Waals surface area contributed by atoms with E-state index in [0.29, 0.717) is 23.2 Å².